The smallest absolute Gasteiger partial charge is 0.228 e. The second kappa shape index (κ2) is 9.02. The van der Waals surface area contributed by atoms with E-state index in [0.29, 0.717) is 47.5 Å². The van der Waals surface area contributed by atoms with Crippen LogP contribution in [0.15, 0.2) is 71.7 Å². The van der Waals surface area contributed by atoms with Gasteiger partial charge in [-0.05, 0) is 42.0 Å². The van der Waals surface area contributed by atoms with Gasteiger partial charge in [-0.15, -0.1) is 0 Å². The third-order valence-electron chi connectivity index (χ3n) is 5.39. The lowest BCUT2D eigenvalue weighted by Gasteiger charge is -2.30. The molecule has 7 heteroatoms. The number of hydrogen-bond acceptors (Lipinski definition) is 5. The summed E-state index contributed by atoms with van der Waals surface area (Å²) < 4.78 is 11.7. The van der Waals surface area contributed by atoms with Gasteiger partial charge in [0.2, 0.25) is 5.91 Å². The summed E-state index contributed by atoms with van der Waals surface area (Å²) in [6.07, 6.45) is 0.308. The lowest BCUT2D eigenvalue weighted by Crippen LogP contribution is -2.41. The van der Waals surface area contributed by atoms with Crippen LogP contribution < -0.4 is 10.1 Å². The first-order chi connectivity index (χ1) is 15.7. The van der Waals surface area contributed by atoms with E-state index in [1.807, 2.05) is 54.6 Å². The van der Waals surface area contributed by atoms with E-state index in [-0.39, 0.29) is 5.91 Å². The van der Waals surface area contributed by atoms with E-state index in [0.717, 1.165) is 30.1 Å². The van der Waals surface area contributed by atoms with Gasteiger partial charge in [0.05, 0.1) is 25.2 Å². The molecule has 0 aliphatic carbocycles. The van der Waals surface area contributed by atoms with E-state index in [4.69, 9.17) is 26.1 Å². The van der Waals surface area contributed by atoms with Crippen LogP contribution in [0.1, 0.15) is 11.1 Å². The molecule has 0 saturated carbocycles. The number of carbonyl (C=O) groups is 1. The molecule has 0 radical (unpaired) electrons. The first-order valence-corrected chi connectivity index (χ1v) is 10.9. The van der Waals surface area contributed by atoms with Crippen LogP contribution in [0.5, 0.6) is 11.5 Å². The SMILES string of the molecule is O=C(Cc1ccccc1)Nc1ccc2c(c1)C(N1CCOCC1)=Nc1cc(Cl)ccc1O2. The van der Waals surface area contributed by atoms with Crippen LogP contribution in [-0.2, 0) is 16.0 Å². The minimum Gasteiger partial charge on any atom is -0.454 e. The molecule has 162 valence electrons. The number of rotatable bonds is 3. The molecule has 1 fully saturated rings. The summed E-state index contributed by atoms with van der Waals surface area (Å²) >= 11 is 6.22. The highest BCUT2D eigenvalue weighted by Crippen LogP contribution is 2.40. The predicted molar refractivity (Wildman–Crippen MR) is 125 cm³/mol. The summed E-state index contributed by atoms with van der Waals surface area (Å²) in [7, 11) is 0. The average Bonchev–Trinajstić information content (AvgIpc) is 2.96. The Morgan fingerprint density at radius 2 is 1.78 bits per heavy atom. The minimum atomic E-state index is -0.0781. The number of nitrogens with one attached hydrogen (secondary N) is 1. The van der Waals surface area contributed by atoms with Crippen molar-refractivity contribution in [3.8, 4) is 11.5 Å². The highest BCUT2D eigenvalue weighted by atomic mass is 35.5. The summed E-state index contributed by atoms with van der Waals surface area (Å²) in [5.74, 6) is 2.02. The summed E-state index contributed by atoms with van der Waals surface area (Å²) in [6.45, 7) is 2.70. The van der Waals surface area contributed by atoms with Crippen molar-refractivity contribution in [2.45, 2.75) is 6.42 Å². The van der Waals surface area contributed by atoms with Crippen molar-refractivity contribution in [2.75, 3.05) is 31.6 Å². The zero-order valence-electron chi connectivity index (χ0n) is 17.4. The van der Waals surface area contributed by atoms with E-state index >= 15 is 0 Å². The quantitative estimate of drug-likeness (QED) is 0.611. The zero-order valence-corrected chi connectivity index (χ0v) is 18.1. The molecule has 3 aromatic carbocycles. The van der Waals surface area contributed by atoms with Crippen LogP contribution in [0.2, 0.25) is 5.02 Å². The summed E-state index contributed by atoms with van der Waals surface area (Å²) in [5, 5.41) is 3.60. The molecule has 0 spiro atoms. The number of aliphatic imine (C=N–C) groups is 1. The molecule has 2 heterocycles. The number of amides is 1. The van der Waals surface area contributed by atoms with Crippen molar-refractivity contribution in [2.24, 2.45) is 4.99 Å². The third-order valence-corrected chi connectivity index (χ3v) is 5.62. The maximum absolute atomic E-state index is 12.6. The van der Waals surface area contributed by atoms with Gasteiger partial charge >= 0.3 is 0 Å². The number of fused-ring (bicyclic) bond motifs is 2. The van der Waals surface area contributed by atoms with Crippen LogP contribution in [0.4, 0.5) is 11.4 Å². The standard InChI is InChI=1S/C25H22ClN3O3/c26-18-6-8-23-21(15-18)28-25(29-10-12-31-13-11-29)20-16-19(7-9-22(20)32-23)27-24(30)14-17-4-2-1-3-5-17/h1-9,15-16H,10-14H2,(H,27,30). The van der Waals surface area contributed by atoms with Gasteiger partial charge in [-0.1, -0.05) is 41.9 Å². The molecule has 2 aliphatic heterocycles. The summed E-state index contributed by atoms with van der Waals surface area (Å²) in [5.41, 5.74) is 3.14. The molecule has 32 heavy (non-hydrogen) atoms. The number of amidine groups is 1. The third kappa shape index (κ3) is 4.47. The molecule has 0 bridgehead atoms. The fourth-order valence-corrected chi connectivity index (χ4v) is 4.00. The zero-order chi connectivity index (χ0) is 21.9. The van der Waals surface area contributed by atoms with Gasteiger partial charge < -0.3 is 19.7 Å². The number of ether oxygens (including phenoxy) is 2. The van der Waals surface area contributed by atoms with Gasteiger partial charge in [-0.25, -0.2) is 4.99 Å². The molecule has 0 atom stereocenters. The van der Waals surface area contributed by atoms with E-state index in [1.165, 1.54) is 0 Å². The molecular formula is C25H22ClN3O3. The second-order valence-electron chi connectivity index (χ2n) is 7.67. The number of carbonyl (C=O) groups excluding carboxylic acids is 1. The Hall–Kier alpha value is -3.35. The molecule has 1 N–H and O–H groups in total. The average molecular weight is 448 g/mol. The molecule has 1 amide bonds. The largest absolute Gasteiger partial charge is 0.454 e. The van der Waals surface area contributed by atoms with Crippen molar-refractivity contribution in [3.63, 3.8) is 0 Å². The highest BCUT2D eigenvalue weighted by molar-refractivity contribution is 6.31. The van der Waals surface area contributed by atoms with Crippen LogP contribution in [0.25, 0.3) is 0 Å². The Bertz CT molecular complexity index is 1170. The number of benzene rings is 3. The van der Waals surface area contributed by atoms with Crippen LogP contribution >= 0.6 is 11.6 Å². The number of hydrogen-bond donors (Lipinski definition) is 1. The van der Waals surface area contributed by atoms with Crippen LogP contribution in [-0.4, -0.2) is 42.9 Å². The molecule has 0 aromatic heterocycles. The normalized spacial score (nSPS) is 15.0. The Kier molecular flexibility index (Phi) is 5.79. The van der Waals surface area contributed by atoms with Crippen LogP contribution in [0.3, 0.4) is 0 Å². The topological polar surface area (TPSA) is 63.2 Å². The molecule has 3 aromatic rings. The van der Waals surface area contributed by atoms with Crippen molar-refractivity contribution in [1.82, 2.24) is 4.90 Å². The predicted octanol–water partition coefficient (Wildman–Crippen LogP) is 5.04. The Morgan fingerprint density at radius 3 is 2.59 bits per heavy atom. The Balaban J connectivity index is 1.48. The fraction of sp³-hybridized carbons (Fsp3) is 0.200. The molecule has 0 unspecified atom stereocenters. The monoisotopic (exact) mass is 447 g/mol. The van der Waals surface area contributed by atoms with E-state index in [9.17, 15) is 4.79 Å². The maximum atomic E-state index is 12.6. The molecular weight excluding hydrogens is 426 g/mol. The van der Waals surface area contributed by atoms with Crippen molar-refractivity contribution >= 4 is 34.7 Å². The van der Waals surface area contributed by atoms with E-state index < -0.39 is 0 Å². The summed E-state index contributed by atoms with van der Waals surface area (Å²) in [4.78, 5) is 19.7. The number of morpholine rings is 1. The number of anilines is 1. The molecule has 5 rings (SSSR count). The van der Waals surface area contributed by atoms with Crippen molar-refractivity contribution < 1.29 is 14.3 Å². The highest BCUT2D eigenvalue weighted by Gasteiger charge is 2.25. The molecule has 1 saturated heterocycles. The minimum absolute atomic E-state index is 0.0781. The van der Waals surface area contributed by atoms with Gasteiger partial charge in [0.25, 0.3) is 0 Å². The number of nitrogens with zero attached hydrogens (tertiary/aromatic N) is 2. The first kappa shape index (κ1) is 20.5. The lowest BCUT2D eigenvalue weighted by molar-refractivity contribution is -0.115. The lowest BCUT2D eigenvalue weighted by atomic mass is 10.1. The van der Waals surface area contributed by atoms with Gasteiger partial charge in [0.15, 0.2) is 5.75 Å². The second-order valence-corrected chi connectivity index (χ2v) is 8.11. The Morgan fingerprint density at radius 1 is 1.00 bits per heavy atom. The van der Waals surface area contributed by atoms with E-state index in [2.05, 4.69) is 10.2 Å². The van der Waals surface area contributed by atoms with Crippen LogP contribution in [0, 0.1) is 0 Å². The van der Waals surface area contributed by atoms with Gasteiger partial charge in [0, 0.05) is 23.8 Å². The van der Waals surface area contributed by atoms with E-state index in [1.54, 1.807) is 12.1 Å². The van der Waals surface area contributed by atoms with Crippen molar-refractivity contribution in [1.29, 1.82) is 0 Å². The molecule has 2 aliphatic rings. The van der Waals surface area contributed by atoms with Crippen molar-refractivity contribution in [3.05, 3.63) is 82.9 Å². The van der Waals surface area contributed by atoms with Gasteiger partial charge in [-0.2, -0.15) is 0 Å². The number of halogens is 1. The molecule has 6 nitrogen and oxygen atoms in total. The van der Waals surface area contributed by atoms with Gasteiger partial charge in [-0.3, -0.25) is 4.79 Å². The maximum Gasteiger partial charge on any atom is 0.228 e. The Labute approximate surface area is 191 Å². The fourth-order valence-electron chi connectivity index (χ4n) is 3.83. The van der Waals surface area contributed by atoms with Gasteiger partial charge in [0.1, 0.15) is 17.3 Å². The summed E-state index contributed by atoms with van der Waals surface area (Å²) in [6, 6.07) is 20.7. The first-order valence-electron chi connectivity index (χ1n) is 10.5.